The monoisotopic (exact) mass is 375 g/mol. The van der Waals surface area contributed by atoms with E-state index in [-0.39, 0.29) is 18.1 Å². The molecule has 1 saturated heterocycles. The van der Waals surface area contributed by atoms with Gasteiger partial charge in [0.15, 0.2) is 0 Å². The second kappa shape index (κ2) is 7.60. The molecule has 3 aromatic rings. The minimum Gasteiger partial charge on any atom is -0.372 e. The topological polar surface area (TPSA) is 47.4 Å². The fraction of sp³-hybridized carbons (Fsp3) is 0.304. The molecule has 1 aromatic heterocycles. The maximum absolute atomic E-state index is 13.5. The van der Waals surface area contributed by atoms with E-state index < -0.39 is 0 Å². The van der Waals surface area contributed by atoms with E-state index >= 15 is 0 Å². The highest BCUT2D eigenvalue weighted by Crippen LogP contribution is 2.28. The van der Waals surface area contributed by atoms with E-state index in [2.05, 4.69) is 0 Å². The molecule has 5 heteroatoms. The minimum atomic E-state index is 0.00225. The number of carbonyl (C=O) groups excluding carboxylic acids is 1. The van der Waals surface area contributed by atoms with Crippen LogP contribution < -0.4 is 0 Å². The highest BCUT2D eigenvalue weighted by atomic mass is 16.5. The van der Waals surface area contributed by atoms with Crippen molar-refractivity contribution in [2.45, 2.75) is 33.0 Å². The fourth-order valence-electron chi connectivity index (χ4n) is 3.80. The van der Waals surface area contributed by atoms with E-state index in [1.165, 1.54) is 0 Å². The number of carbonyl (C=O) groups is 1. The van der Waals surface area contributed by atoms with Crippen LogP contribution in [0.1, 0.15) is 29.8 Å². The molecule has 0 aliphatic carbocycles. The van der Waals surface area contributed by atoms with Crippen LogP contribution in [0, 0.1) is 6.92 Å². The lowest BCUT2D eigenvalue weighted by Gasteiger charge is -2.35. The summed E-state index contributed by atoms with van der Waals surface area (Å²) in [5, 5.41) is 4.80. The summed E-state index contributed by atoms with van der Waals surface area (Å²) in [6.45, 7) is 7.24. The van der Waals surface area contributed by atoms with E-state index in [0.717, 1.165) is 22.5 Å². The molecule has 0 spiro atoms. The molecule has 0 N–H and O–H groups in total. The van der Waals surface area contributed by atoms with Crippen molar-refractivity contribution in [2.75, 3.05) is 13.1 Å². The summed E-state index contributed by atoms with van der Waals surface area (Å²) < 4.78 is 7.59. The summed E-state index contributed by atoms with van der Waals surface area (Å²) in [4.78, 5) is 15.3. The van der Waals surface area contributed by atoms with E-state index in [1.54, 1.807) is 4.68 Å². The predicted molar refractivity (Wildman–Crippen MR) is 110 cm³/mol. The van der Waals surface area contributed by atoms with Crippen LogP contribution in [0.3, 0.4) is 0 Å². The molecule has 5 nitrogen and oxygen atoms in total. The normalized spacial score (nSPS) is 19.6. The van der Waals surface area contributed by atoms with E-state index in [1.807, 2.05) is 86.5 Å². The molecular weight excluding hydrogens is 350 g/mol. The van der Waals surface area contributed by atoms with Gasteiger partial charge in [0.05, 0.1) is 23.5 Å². The Kier molecular flexibility index (Phi) is 5.01. The smallest absolute Gasteiger partial charge is 0.257 e. The third-order valence-corrected chi connectivity index (χ3v) is 5.07. The van der Waals surface area contributed by atoms with Gasteiger partial charge in [-0.3, -0.25) is 4.79 Å². The van der Waals surface area contributed by atoms with Crippen LogP contribution in [-0.2, 0) is 4.74 Å². The van der Waals surface area contributed by atoms with Gasteiger partial charge in [-0.25, -0.2) is 4.68 Å². The minimum absolute atomic E-state index is 0.00225. The van der Waals surface area contributed by atoms with Gasteiger partial charge in [-0.05, 0) is 38.5 Å². The van der Waals surface area contributed by atoms with Crippen LogP contribution in [0.2, 0.25) is 0 Å². The van der Waals surface area contributed by atoms with Crippen LogP contribution in [0.15, 0.2) is 60.8 Å². The molecule has 0 radical (unpaired) electrons. The Labute approximate surface area is 165 Å². The Morgan fingerprint density at radius 1 is 1.00 bits per heavy atom. The molecule has 0 bridgehead atoms. The zero-order valence-electron chi connectivity index (χ0n) is 16.5. The van der Waals surface area contributed by atoms with Gasteiger partial charge in [-0.2, -0.15) is 5.10 Å². The molecule has 0 saturated carbocycles. The number of benzene rings is 2. The van der Waals surface area contributed by atoms with Crippen molar-refractivity contribution in [3.8, 4) is 16.9 Å². The van der Waals surface area contributed by atoms with Gasteiger partial charge in [0.25, 0.3) is 5.91 Å². The van der Waals surface area contributed by atoms with Crippen molar-refractivity contribution in [3.05, 3.63) is 71.9 Å². The van der Waals surface area contributed by atoms with Crippen molar-refractivity contribution in [1.82, 2.24) is 14.7 Å². The standard InChI is InChI=1S/C23H25N3O2/c1-16-9-7-8-12-20(16)22-21(15-26(24-22)19-10-5-4-6-11-19)23(27)25-13-17(2)28-18(3)14-25/h4-12,15,17-18H,13-14H2,1-3H3. The van der Waals surface area contributed by atoms with Crippen molar-refractivity contribution in [3.63, 3.8) is 0 Å². The van der Waals surface area contributed by atoms with Crippen molar-refractivity contribution in [2.24, 2.45) is 0 Å². The molecule has 2 atom stereocenters. The first-order valence-electron chi connectivity index (χ1n) is 9.68. The molecule has 1 amide bonds. The van der Waals surface area contributed by atoms with Gasteiger partial charge in [0.1, 0.15) is 5.69 Å². The van der Waals surface area contributed by atoms with Gasteiger partial charge in [-0.1, -0.05) is 42.5 Å². The van der Waals surface area contributed by atoms with Crippen molar-refractivity contribution in [1.29, 1.82) is 0 Å². The Hall–Kier alpha value is -2.92. The zero-order chi connectivity index (χ0) is 19.7. The fourth-order valence-corrected chi connectivity index (χ4v) is 3.80. The van der Waals surface area contributed by atoms with Crippen LogP contribution in [0.4, 0.5) is 0 Å². The Bertz CT molecular complexity index is 971. The highest BCUT2D eigenvalue weighted by Gasteiger charge is 2.30. The molecule has 2 aromatic carbocycles. The zero-order valence-corrected chi connectivity index (χ0v) is 16.5. The summed E-state index contributed by atoms with van der Waals surface area (Å²) >= 11 is 0. The van der Waals surface area contributed by atoms with E-state index in [0.29, 0.717) is 18.7 Å². The number of ether oxygens (including phenoxy) is 1. The van der Waals surface area contributed by atoms with Crippen LogP contribution in [-0.4, -0.2) is 45.9 Å². The summed E-state index contributed by atoms with van der Waals surface area (Å²) in [6.07, 6.45) is 1.90. The molecule has 2 heterocycles. The Morgan fingerprint density at radius 3 is 2.32 bits per heavy atom. The molecule has 1 fully saturated rings. The molecule has 4 rings (SSSR count). The van der Waals surface area contributed by atoms with Crippen LogP contribution in [0.5, 0.6) is 0 Å². The number of rotatable bonds is 3. The lowest BCUT2D eigenvalue weighted by atomic mass is 10.0. The average molecular weight is 375 g/mol. The number of aromatic nitrogens is 2. The van der Waals surface area contributed by atoms with Gasteiger partial charge >= 0.3 is 0 Å². The van der Waals surface area contributed by atoms with Crippen molar-refractivity contribution >= 4 is 5.91 Å². The average Bonchev–Trinajstić information content (AvgIpc) is 3.13. The number of nitrogens with zero attached hydrogens (tertiary/aromatic N) is 3. The maximum atomic E-state index is 13.5. The largest absolute Gasteiger partial charge is 0.372 e. The molecule has 28 heavy (non-hydrogen) atoms. The SMILES string of the molecule is Cc1ccccc1-c1nn(-c2ccccc2)cc1C(=O)N1CC(C)OC(C)C1. The third kappa shape index (κ3) is 3.58. The first-order chi connectivity index (χ1) is 13.5. The molecular formula is C23H25N3O2. The number of para-hydroxylation sites is 1. The number of morpholine rings is 1. The summed E-state index contributed by atoms with van der Waals surface area (Å²) in [5.41, 5.74) is 4.35. The third-order valence-electron chi connectivity index (χ3n) is 5.07. The number of hydrogen-bond donors (Lipinski definition) is 0. The van der Waals surface area contributed by atoms with Gasteiger partial charge < -0.3 is 9.64 Å². The predicted octanol–water partition coefficient (Wildman–Crippen LogP) is 4.10. The van der Waals surface area contributed by atoms with Gasteiger partial charge in [0.2, 0.25) is 0 Å². The quantitative estimate of drug-likeness (QED) is 0.692. The number of amides is 1. The van der Waals surface area contributed by atoms with Gasteiger partial charge in [-0.15, -0.1) is 0 Å². The van der Waals surface area contributed by atoms with Gasteiger partial charge in [0, 0.05) is 24.8 Å². The van der Waals surface area contributed by atoms with Crippen LogP contribution >= 0.6 is 0 Å². The van der Waals surface area contributed by atoms with Crippen LogP contribution in [0.25, 0.3) is 16.9 Å². The number of hydrogen-bond acceptors (Lipinski definition) is 3. The van der Waals surface area contributed by atoms with E-state index in [9.17, 15) is 4.79 Å². The second-order valence-corrected chi connectivity index (χ2v) is 7.45. The lowest BCUT2D eigenvalue weighted by molar-refractivity contribution is -0.0586. The highest BCUT2D eigenvalue weighted by molar-refractivity contribution is 6.00. The first-order valence-corrected chi connectivity index (χ1v) is 9.68. The molecule has 1 aliphatic heterocycles. The maximum Gasteiger partial charge on any atom is 0.257 e. The Morgan fingerprint density at radius 2 is 1.64 bits per heavy atom. The summed E-state index contributed by atoms with van der Waals surface area (Å²) in [5.74, 6) is 0.00225. The summed E-state index contributed by atoms with van der Waals surface area (Å²) in [7, 11) is 0. The summed E-state index contributed by atoms with van der Waals surface area (Å²) in [6, 6.07) is 17.9. The Balaban J connectivity index is 1.80. The molecule has 144 valence electrons. The van der Waals surface area contributed by atoms with E-state index in [4.69, 9.17) is 9.84 Å². The second-order valence-electron chi connectivity index (χ2n) is 7.45. The first kappa shape index (κ1) is 18.4. The van der Waals surface area contributed by atoms with Crippen molar-refractivity contribution < 1.29 is 9.53 Å². The molecule has 2 unspecified atom stereocenters. The number of aryl methyl sites for hydroxylation is 1. The molecule has 1 aliphatic rings. The lowest BCUT2D eigenvalue weighted by Crippen LogP contribution is -2.48.